The Morgan fingerprint density at radius 2 is 1.24 bits per heavy atom. The van der Waals surface area contributed by atoms with E-state index in [4.69, 9.17) is 0 Å². The first-order valence-corrected chi connectivity index (χ1v) is 10.1. The van der Waals surface area contributed by atoms with Crippen LogP contribution in [0.15, 0.2) is 0 Å². The molecule has 10 unspecified atom stereocenters. The summed E-state index contributed by atoms with van der Waals surface area (Å²) in [6.07, 6.45) is 14.5. The SMILES string of the molecule is C1CC2CC1CC2C1CC2CC(C3CC4CNC3C4)C1C2. The molecule has 6 bridgehead atoms. The first-order valence-electron chi connectivity index (χ1n) is 10.1. The Kier molecular flexibility index (Phi) is 2.52. The summed E-state index contributed by atoms with van der Waals surface area (Å²) in [5.41, 5.74) is 0. The molecule has 0 radical (unpaired) electrons. The lowest BCUT2D eigenvalue weighted by atomic mass is 9.65. The van der Waals surface area contributed by atoms with Gasteiger partial charge in [-0.2, -0.15) is 0 Å². The van der Waals surface area contributed by atoms with E-state index in [0.717, 1.165) is 47.5 Å². The van der Waals surface area contributed by atoms with Crippen LogP contribution in [-0.2, 0) is 0 Å². The second kappa shape index (κ2) is 4.28. The summed E-state index contributed by atoms with van der Waals surface area (Å²) in [5, 5.41) is 3.85. The number of hydrogen-bond acceptors (Lipinski definition) is 1. The molecule has 1 N–H and O–H groups in total. The topological polar surface area (TPSA) is 12.0 Å². The van der Waals surface area contributed by atoms with E-state index in [-0.39, 0.29) is 0 Å². The highest BCUT2D eigenvalue weighted by atomic mass is 15.0. The van der Waals surface area contributed by atoms with Crippen molar-refractivity contribution in [2.75, 3.05) is 6.54 Å². The second-order valence-corrected chi connectivity index (χ2v) is 9.92. The highest BCUT2D eigenvalue weighted by Crippen LogP contribution is 2.63. The Bertz CT molecular complexity index is 407. The molecular formula is C20H31N. The summed E-state index contributed by atoms with van der Waals surface area (Å²) in [6.45, 7) is 1.35. The van der Waals surface area contributed by atoms with Crippen molar-refractivity contribution in [3.63, 3.8) is 0 Å². The Labute approximate surface area is 129 Å². The zero-order valence-corrected chi connectivity index (χ0v) is 13.3. The molecule has 0 amide bonds. The molecule has 21 heavy (non-hydrogen) atoms. The maximum absolute atomic E-state index is 3.85. The smallest absolute Gasteiger partial charge is 0.0101 e. The summed E-state index contributed by atoms with van der Waals surface area (Å²) in [5.74, 6) is 10.2. The van der Waals surface area contributed by atoms with E-state index in [1.807, 2.05) is 0 Å². The van der Waals surface area contributed by atoms with E-state index in [1.165, 1.54) is 24.8 Å². The summed E-state index contributed by atoms with van der Waals surface area (Å²) in [6, 6.07) is 0.931. The van der Waals surface area contributed by atoms with Crippen molar-refractivity contribution in [3.8, 4) is 0 Å². The minimum absolute atomic E-state index is 0.931. The molecule has 0 aromatic rings. The minimum Gasteiger partial charge on any atom is -0.313 e. The third-order valence-corrected chi connectivity index (χ3v) is 9.19. The third-order valence-electron chi connectivity index (χ3n) is 9.19. The van der Waals surface area contributed by atoms with E-state index in [2.05, 4.69) is 5.32 Å². The molecule has 6 rings (SSSR count). The minimum atomic E-state index is 0.931. The molecule has 1 saturated heterocycles. The summed E-state index contributed by atoms with van der Waals surface area (Å²) >= 11 is 0. The molecule has 1 heterocycles. The van der Waals surface area contributed by atoms with Gasteiger partial charge in [0, 0.05) is 6.04 Å². The summed E-state index contributed by atoms with van der Waals surface area (Å²) in [7, 11) is 0. The van der Waals surface area contributed by atoms with Crippen molar-refractivity contribution in [2.24, 2.45) is 53.3 Å². The van der Waals surface area contributed by atoms with Crippen LogP contribution in [0.3, 0.4) is 0 Å². The molecule has 10 atom stereocenters. The van der Waals surface area contributed by atoms with Crippen molar-refractivity contribution in [3.05, 3.63) is 0 Å². The molecule has 116 valence electrons. The molecule has 5 saturated carbocycles. The zero-order chi connectivity index (χ0) is 13.6. The Morgan fingerprint density at radius 1 is 0.524 bits per heavy atom. The van der Waals surface area contributed by atoms with Gasteiger partial charge < -0.3 is 5.32 Å². The van der Waals surface area contributed by atoms with Crippen molar-refractivity contribution in [1.82, 2.24) is 5.32 Å². The van der Waals surface area contributed by atoms with Crippen LogP contribution >= 0.6 is 0 Å². The third kappa shape index (κ3) is 1.68. The zero-order valence-electron chi connectivity index (χ0n) is 13.3. The van der Waals surface area contributed by atoms with Crippen LogP contribution in [0.1, 0.15) is 57.8 Å². The van der Waals surface area contributed by atoms with Gasteiger partial charge >= 0.3 is 0 Å². The molecular weight excluding hydrogens is 254 g/mol. The monoisotopic (exact) mass is 285 g/mol. The number of rotatable bonds is 2. The largest absolute Gasteiger partial charge is 0.313 e. The van der Waals surface area contributed by atoms with Gasteiger partial charge in [-0.25, -0.2) is 0 Å². The maximum atomic E-state index is 3.85. The molecule has 1 heteroatoms. The van der Waals surface area contributed by atoms with Gasteiger partial charge in [0.2, 0.25) is 0 Å². The summed E-state index contributed by atoms with van der Waals surface area (Å²) < 4.78 is 0. The Hall–Kier alpha value is -0.0400. The van der Waals surface area contributed by atoms with Crippen molar-refractivity contribution >= 4 is 0 Å². The lowest BCUT2D eigenvalue weighted by molar-refractivity contribution is 0.0834. The van der Waals surface area contributed by atoms with E-state index >= 15 is 0 Å². The molecule has 0 aromatic heterocycles. The highest BCUT2D eigenvalue weighted by Gasteiger charge is 2.56. The maximum Gasteiger partial charge on any atom is 0.0101 e. The fraction of sp³-hybridized carbons (Fsp3) is 1.00. The Balaban J connectivity index is 1.23. The molecule has 6 aliphatic rings. The molecule has 6 fully saturated rings. The quantitative estimate of drug-likeness (QED) is 0.806. The van der Waals surface area contributed by atoms with Crippen LogP contribution in [0.5, 0.6) is 0 Å². The fourth-order valence-electron chi connectivity index (χ4n) is 8.63. The van der Waals surface area contributed by atoms with Crippen LogP contribution in [0, 0.1) is 53.3 Å². The number of piperidine rings is 1. The van der Waals surface area contributed by atoms with Gasteiger partial charge in [0.1, 0.15) is 0 Å². The average Bonchev–Trinajstić information content (AvgIpc) is 3.33. The Morgan fingerprint density at radius 3 is 1.81 bits per heavy atom. The highest BCUT2D eigenvalue weighted by molar-refractivity contribution is 5.07. The predicted octanol–water partition coefficient (Wildman–Crippen LogP) is 4.08. The number of hydrogen-bond donors (Lipinski definition) is 1. The van der Waals surface area contributed by atoms with Gasteiger partial charge in [-0.3, -0.25) is 0 Å². The van der Waals surface area contributed by atoms with Crippen molar-refractivity contribution in [1.29, 1.82) is 0 Å². The van der Waals surface area contributed by atoms with E-state index < -0.39 is 0 Å². The van der Waals surface area contributed by atoms with Crippen molar-refractivity contribution in [2.45, 2.75) is 63.8 Å². The molecule has 0 spiro atoms. The van der Waals surface area contributed by atoms with Crippen LogP contribution in [-0.4, -0.2) is 12.6 Å². The first kappa shape index (κ1) is 12.4. The van der Waals surface area contributed by atoms with Gasteiger partial charge in [-0.15, -0.1) is 0 Å². The predicted molar refractivity (Wildman–Crippen MR) is 84.8 cm³/mol. The van der Waals surface area contributed by atoms with Crippen LogP contribution in [0.2, 0.25) is 0 Å². The number of fused-ring (bicyclic) bond motifs is 6. The molecule has 5 aliphatic carbocycles. The van der Waals surface area contributed by atoms with Crippen molar-refractivity contribution < 1.29 is 0 Å². The molecule has 1 aliphatic heterocycles. The number of nitrogens with one attached hydrogen (secondary N) is 1. The lowest BCUT2D eigenvalue weighted by Crippen LogP contribution is -2.41. The van der Waals surface area contributed by atoms with Gasteiger partial charge in [0.15, 0.2) is 0 Å². The molecule has 0 aromatic carbocycles. The van der Waals surface area contributed by atoms with Gasteiger partial charge in [-0.05, 0) is 111 Å². The standard InChI is InChI=1S/C20H31N/c1-2-14-3-11(1)4-15(14)16-5-12-6-17(16)18(7-12)19-8-13-9-20(19)21-10-13/h11-21H,1-10H2. The van der Waals surface area contributed by atoms with Gasteiger partial charge in [0.25, 0.3) is 0 Å². The van der Waals surface area contributed by atoms with Crippen LogP contribution < -0.4 is 5.32 Å². The first-order chi connectivity index (χ1) is 10.3. The van der Waals surface area contributed by atoms with Crippen LogP contribution in [0.25, 0.3) is 0 Å². The summed E-state index contributed by atoms with van der Waals surface area (Å²) in [4.78, 5) is 0. The van der Waals surface area contributed by atoms with Gasteiger partial charge in [0.05, 0.1) is 0 Å². The van der Waals surface area contributed by atoms with E-state index in [1.54, 1.807) is 51.4 Å². The van der Waals surface area contributed by atoms with E-state index in [0.29, 0.717) is 0 Å². The fourth-order valence-corrected chi connectivity index (χ4v) is 8.63. The second-order valence-electron chi connectivity index (χ2n) is 9.92. The average molecular weight is 285 g/mol. The van der Waals surface area contributed by atoms with Gasteiger partial charge in [-0.1, -0.05) is 6.42 Å². The molecule has 1 nitrogen and oxygen atoms in total. The van der Waals surface area contributed by atoms with Crippen LogP contribution in [0.4, 0.5) is 0 Å². The van der Waals surface area contributed by atoms with E-state index in [9.17, 15) is 0 Å². The lowest BCUT2D eigenvalue weighted by Gasteiger charge is -2.41. The normalized spacial score (nSPS) is 64.0.